The summed E-state index contributed by atoms with van der Waals surface area (Å²) >= 11 is 1.36. The average molecular weight is 405 g/mol. The summed E-state index contributed by atoms with van der Waals surface area (Å²) < 4.78 is 39.9. The van der Waals surface area contributed by atoms with Gasteiger partial charge in [-0.2, -0.15) is 13.2 Å². The maximum Gasteiger partial charge on any atom is 0.416 e. The number of carbonyl (C=O) groups is 1. The lowest BCUT2D eigenvalue weighted by molar-refractivity contribution is -0.137. The van der Waals surface area contributed by atoms with Crippen LogP contribution >= 0.6 is 11.3 Å². The summed E-state index contributed by atoms with van der Waals surface area (Å²) in [5.74, 6) is 0.533. The number of halogens is 3. The number of hydrogen-bond acceptors (Lipinski definition) is 3. The minimum absolute atomic E-state index is 0.112. The topological polar surface area (TPSA) is 38.1 Å². The highest BCUT2D eigenvalue weighted by Gasteiger charge is 2.29. The molecule has 0 saturated heterocycles. The summed E-state index contributed by atoms with van der Waals surface area (Å²) in [4.78, 5) is 19.2. The van der Waals surface area contributed by atoms with Gasteiger partial charge >= 0.3 is 6.18 Å². The summed E-state index contributed by atoms with van der Waals surface area (Å²) in [6, 6.07) is 8.61. The van der Waals surface area contributed by atoms with Crippen molar-refractivity contribution in [3.63, 3.8) is 0 Å². The summed E-state index contributed by atoms with van der Waals surface area (Å²) in [5.41, 5.74) is 0.0351. The summed E-state index contributed by atoms with van der Waals surface area (Å²) in [7, 11) is 0. The van der Waals surface area contributed by atoms with Crippen molar-refractivity contribution in [1.82, 2.24) is 14.5 Å². The zero-order valence-electron chi connectivity index (χ0n) is 14.9. The Morgan fingerprint density at radius 2 is 2.00 bits per heavy atom. The zero-order chi connectivity index (χ0) is 20.1. The first kappa shape index (κ1) is 19.9. The number of thiophene rings is 1. The number of carbonyl (C=O) groups excluding carboxylic acids is 1. The van der Waals surface area contributed by atoms with Crippen LogP contribution in [0, 0.1) is 0 Å². The van der Waals surface area contributed by atoms with Gasteiger partial charge in [0.05, 0.1) is 17.0 Å². The van der Waals surface area contributed by atoms with Crippen LogP contribution in [0.1, 0.15) is 26.6 Å². The normalized spacial score (nSPS) is 11.4. The lowest BCUT2D eigenvalue weighted by Crippen LogP contribution is -2.31. The van der Waals surface area contributed by atoms with Gasteiger partial charge in [-0.3, -0.25) is 4.79 Å². The maximum absolute atomic E-state index is 12.7. The van der Waals surface area contributed by atoms with Gasteiger partial charge in [0.25, 0.3) is 5.91 Å². The molecule has 4 nitrogen and oxygen atoms in total. The highest BCUT2D eigenvalue weighted by Crippen LogP contribution is 2.29. The summed E-state index contributed by atoms with van der Waals surface area (Å²) in [5, 5.41) is 1.84. The molecule has 8 heteroatoms. The molecule has 1 amide bonds. The highest BCUT2D eigenvalue weighted by atomic mass is 32.1. The molecule has 28 heavy (non-hydrogen) atoms. The van der Waals surface area contributed by atoms with E-state index in [0.29, 0.717) is 29.4 Å². The molecular weight excluding hydrogens is 387 g/mol. The molecule has 146 valence electrons. The molecule has 2 aromatic heterocycles. The number of nitrogens with zero attached hydrogens (tertiary/aromatic N) is 3. The van der Waals surface area contributed by atoms with Crippen molar-refractivity contribution in [1.29, 1.82) is 0 Å². The largest absolute Gasteiger partial charge is 0.416 e. The van der Waals surface area contributed by atoms with E-state index in [1.165, 1.54) is 23.5 Å². The molecule has 0 N–H and O–H groups in total. The molecule has 0 radical (unpaired) electrons. The van der Waals surface area contributed by atoms with E-state index in [2.05, 4.69) is 11.6 Å². The monoisotopic (exact) mass is 405 g/mol. The van der Waals surface area contributed by atoms with Gasteiger partial charge in [0.1, 0.15) is 5.82 Å². The Kier molecular flexibility index (Phi) is 5.99. The van der Waals surface area contributed by atoms with E-state index in [1.807, 2.05) is 16.0 Å². The van der Waals surface area contributed by atoms with E-state index in [1.54, 1.807) is 29.4 Å². The first-order valence-corrected chi connectivity index (χ1v) is 9.36. The SMILES string of the molecule is C=CCN(Cc1nccn1Cc1ccc(C(F)(F)F)cc1)C(=O)c1cccs1. The van der Waals surface area contributed by atoms with Crippen LogP contribution < -0.4 is 0 Å². The first-order valence-electron chi connectivity index (χ1n) is 8.48. The predicted molar refractivity (Wildman–Crippen MR) is 102 cm³/mol. The second-order valence-electron chi connectivity index (χ2n) is 6.12. The van der Waals surface area contributed by atoms with Crippen LogP contribution in [0.4, 0.5) is 13.2 Å². The zero-order valence-corrected chi connectivity index (χ0v) is 15.7. The maximum atomic E-state index is 12.7. The number of rotatable bonds is 7. The van der Waals surface area contributed by atoms with E-state index >= 15 is 0 Å². The number of amides is 1. The summed E-state index contributed by atoms with van der Waals surface area (Å²) in [6.07, 6.45) is 0.649. The number of hydrogen-bond donors (Lipinski definition) is 0. The molecule has 0 aliphatic rings. The third-order valence-corrected chi connectivity index (χ3v) is 4.99. The minimum Gasteiger partial charge on any atom is -0.329 e. The van der Waals surface area contributed by atoms with Crippen LogP contribution in [0.3, 0.4) is 0 Å². The van der Waals surface area contributed by atoms with Crippen LogP contribution in [0.2, 0.25) is 0 Å². The van der Waals surface area contributed by atoms with E-state index < -0.39 is 11.7 Å². The van der Waals surface area contributed by atoms with Gasteiger partial charge in [0.15, 0.2) is 0 Å². The fourth-order valence-electron chi connectivity index (χ4n) is 2.73. The predicted octanol–water partition coefficient (Wildman–Crippen LogP) is 4.84. The molecule has 0 fully saturated rings. The Balaban J connectivity index is 1.75. The van der Waals surface area contributed by atoms with E-state index in [4.69, 9.17) is 0 Å². The van der Waals surface area contributed by atoms with Gasteiger partial charge in [-0.05, 0) is 29.1 Å². The fourth-order valence-corrected chi connectivity index (χ4v) is 3.42. The molecule has 0 saturated carbocycles. The standard InChI is InChI=1S/C20H18F3N3OS/c1-2-10-26(19(27)17-4-3-12-28-17)14-18-24-9-11-25(18)13-15-5-7-16(8-6-15)20(21,22)23/h2-9,11-12H,1,10,13-14H2. The van der Waals surface area contributed by atoms with Crippen molar-refractivity contribution in [2.75, 3.05) is 6.54 Å². The molecule has 0 atom stereocenters. The molecule has 3 aromatic rings. The molecule has 0 aliphatic carbocycles. The summed E-state index contributed by atoms with van der Waals surface area (Å²) in [6.45, 7) is 4.70. The first-order chi connectivity index (χ1) is 13.4. The van der Waals surface area contributed by atoms with Gasteiger partial charge in [-0.1, -0.05) is 24.3 Å². The van der Waals surface area contributed by atoms with Crippen molar-refractivity contribution >= 4 is 17.2 Å². The van der Waals surface area contributed by atoms with Gasteiger partial charge in [0.2, 0.25) is 0 Å². The van der Waals surface area contributed by atoms with Crippen LogP contribution in [0.25, 0.3) is 0 Å². The van der Waals surface area contributed by atoms with Crippen molar-refractivity contribution < 1.29 is 18.0 Å². The minimum atomic E-state index is -4.36. The Hall–Kier alpha value is -2.87. The lowest BCUT2D eigenvalue weighted by Gasteiger charge is -2.21. The van der Waals surface area contributed by atoms with E-state index in [-0.39, 0.29) is 12.5 Å². The number of alkyl halides is 3. The van der Waals surface area contributed by atoms with E-state index in [0.717, 1.165) is 12.1 Å². The van der Waals surface area contributed by atoms with Crippen LogP contribution in [0.5, 0.6) is 0 Å². The quantitative estimate of drug-likeness (QED) is 0.528. The molecule has 3 rings (SSSR count). The van der Waals surface area contributed by atoms with Crippen molar-refractivity contribution in [3.8, 4) is 0 Å². The third-order valence-electron chi connectivity index (χ3n) is 4.14. The second kappa shape index (κ2) is 8.43. The molecule has 2 heterocycles. The highest BCUT2D eigenvalue weighted by molar-refractivity contribution is 7.12. The van der Waals surface area contributed by atoms with Gasteiger partial charge < -0.3 is 9.47 Å². The van der Waals surface area contributed by atoms with Crippen molar-refractivity contribution in [2.24, 2.45) is 0 Å². The Morgan fingerprint density at radius 1 is 1.25 bits per heavy atom. The number of aromatic nitrogens is 2. The van der Waals surface area contributed by atoms with Crippen molar-refractivity contribution in [2.45, 2.75) is 19.3 Å². The molecule has 0 unspecified atom stereocenters. The van der Waals surface area contributed by atoms with Gasteiger partial charge in [0, 0.05) is 25.5 Å². The fraction of sp³-hybridized carbons (Fsp3) is 0.200. The van der Waals surface area contributed by atoms with Gasteiger partial charge in [-0.15, -0.1) is 17.9 Å². The Bertz CT molecular complexity index is 931. The molecule has 0 spiro atoms. The average Bonchev–Trinajstić information content (AvgIpc) is 3.33. The lowest BCUT2D eigenvalue weighted by atomic mass is 10.1. The van der Waals surface area contributed by atoms with Crippen LogP contribution in [0.15, 0.2) is 66.8 Å². The molecule has 0 bridgehead atoms. The Morgan fingerprint density at radius 3 is 2.61 bits per heavy atom. The van der Waals surface area contributed by atoms with E-state index in [9.17, 15) is 18.0 Å². The van der Waals surface area contributed by atoms with Crippen molar-refractivity contribution in [3.05, 3.63) is 88.7 Å². The van der Waals surface area contributed by atoms with Gasteiger partial charge in [-0.25, -0.2) is 4.98 Å². The van der Waals surface area contributed by atoms with Crippen LogP contribution in [-0.4, -0.2) is 26.9 Å². The molecule has 1 aromatic carbocycles. The number of benzene rings is 1. The molecule has 0 aliphatic heterocycles. The number of imidazole rings is 1. The smallest absolute Gasteiger partial charge is 0.329 e. The molecular formula is C20H18F3N3OS. The second-order valence-corrected chi connectivity index (χ2v) is 7.07. The van der Waals surface area contributed by atoms with Crippen LogP contribution in [-0.2, 0) is 19.3 Å². The third kappa shape index (κ3) is 4.69. The Labute approximate surface area is 164 Å².